The molecule has 2 N–H and O–H groups in total. The maximum absolute atomic E-state index is 12.8. The van der Waals surface area contributed by atoms with Crippen molar-refractivity contribution in [3.05, 3.63) is 0 Å². The molecule has 0 unspecified atom stereocenters. The van der Waals surface area contributed by atoms with Crippen LogP contribution in [-0.4, -0.2) is 50.5 Å². The Balaban J connectivity index is 1.97. The number of aliphatic carboxylic acids is 1. The summed E-state index contributed by atoms with van der Waals surface area (Å²) in [6.07, 6.45) is 5.37. The van der Waals surface area contributed by atoms with Crippen LogP contribution in [0.25, 0.3) is 0 Å². The van der Waals surface area contributed by atoms with E-state index in [0.29, 0.717) is 15.4 Å². The van der Waals surface area contributed by atoms with Gasteiger partial charge in [0.25, 0.3) is 0 Å². The number of aromatic nitrogens is 2. The van der Waals surface area contributed by atoms with E-state index in [-0.39, 0.29) is 17.8 Å². The second-order valence-corrected chi connectivity index (χ2v) is 9.48. The molecule has 0 spiro atoms. The van der Waals surface area contributed by atoms with Crippen molar-refractivity contribution in [2.24, 2.45) is 11.8 Å². The zero-order valence-electron chi connectivity index (χ0n) is 15.6. The lowest BCUT2D eigenvalue weighted by molar-refractivity contribution is -0.133. The molecule has 0 aliphatic heterocycles. The third-order valence-corrected chi connectivity index (χ3v) is 6.53. The summed E-state index contributed by atoms with van der Waals surface area (Å²) < 4.78 is 0.544. The van der Waals surface area contributed by atoms with Crippen LogP contribution in [0.1, 0.15) is 52.9 Å². The number of thioether (sulfide) groups is 1. The Kier molecular flexibility index (Phi) is 8.15. The summed E-state index contributed by atoms with van der Waals surface area (Å²) in [4.78, 5) is 25.4. The molecule has 1 saturated carbocycles. The zero-order chi connectivity index (χ0) is 19.1. The minimum Gasteiger partial charge on any atom is -0.481 e. The van der Waals surface area contributed by atoms with Crippen LogP contribution < -0.4 is 5.32 Å². The van der Waals surface area contributed by atoms with Gasteiger partial charge in [0.2, 0.25) is 5.13 Å². The SMILES string of the molecule is CC(C)CCN(C(=O)Nc1nnc(SCC(=O)O)s1)[C@H]1CC[C@H](C)CC1. The Morgan fingerprint density at radius 2 is 2.00 bits per heavy atom. The standard InChI is InChI=1S/C17H28N4O3S2/c1-11(2)8-9-21(13-6-4-12(3)5-7-13)16(24)18-15-19-20-17(26-15)25-10-14(22)23/h11-13H,4-10H2,1-3H3,(H,22,23)(H,18,19,24)/t12-,13-. The number of amides is 2. The minimum absolute atomic E-state index is 0.0661. The van der Waals surface area contributed by atoms with Crippen LogP contribution in [0.3, 0.4) is 0 Å². The van der Waals surface area contributed by atoms with Crippen LogP contribution in [-0.2, 0) is 4.79 Å². The maximum Gasteiger partial charge on any atom is 0.323 e. The molecule has 1 heterocycles. The van der Waals surface area contributed by atoms with Crippen LogP contribution in [0.2, 0.25) is 0 Å². The highest BCUT2D eigenvalue weighted by molar-refractivity contribution is 8.01. The quantitative estimate of drug-likeness (QED) is 0.502. The first-order chi connectivity index (χ1) is 12.3. The first kappa shape index (κ1) is 21.0. The van der Waals surface area contributed by atoms with Gasteiger partial charge in [-0.3, -0.25) is 10.1 Å². The fourth-order valence-electron chi connectivity index (χ4n) is 3.01. The van der Waals surface area contributed by atoms with Crippen molar-refractivity contribution in [3.8, 4) is 0 Å². The highest BCUT2D eigenvalue weighted by Crippen LogP contribution is 2.29. The van der Waals surface area contributed by atoms with Gasteiger partial charge in [-0.2, -0.15) is 0 Å². The van der Waals surface area contributed by atoms with Crippen LogP contribution in [0.5, 0.6) is 0 Å². The monoisotopic (exact) mass is 400 g/mol. The highest BCUT2D eigenvalue weighted by Gasteiger charge is 2.28. The molecule has 1 aliphatic carbocycles. The van der Waals surface area contributed by atoms with Gasteiger partial charge in [0.15, 0.2) is 4.34 Å². The van der Waals surface area contributed by atoms with Gasteiger partial charge in [0, 0.05) is 12.6 Å². The molecule has 2 amide bonds. The predicted molar refractivity (Wildman–Crippen MR) is 105 cm³/mol. The molecule has 9 heteroatoms. The molecule has 26 heavy (non-hydrogen) atoms. The van der Waals surface area contributed by atoms with E-state index in [1.54, 1.807) is 0 Å². The van der Waals surface area contributed by atoms with Crippen LogP contribution >= 0.6 is 23.1 Å². The molecule has 0 bridgehead atoms. The normalized spacial score (nSPS) is 20.2. The number of carboxylic acids is 1. The Morgan fingerprint density at radius 1 is 1.31 bits per heavy atom. The van der Waals surface area contributed by atoms with Crippen molar-refractivity contribution in [2.45, 2.75) is 63.3 Å². The zero-order valence-corrected chi connectivity index (χ0v) is 17.2. The number of nitrogens with one attached hydrogen (secondary N) is 1. The Labute approximate surface area is 162 Å². The largest absolute Gasteiger partial charge is 0.481 e. The van der Waals surface area contributed by atoms with Crippen LogP contribution in [0, 0.1) is 11.8 Å². The van der Waals surface area contributed by atoms with E-state index in [4.69, 9.17) is 5.11 Å². The molecule has 0 aromatic carbocycles. The molecular weight excluding hydrogens is 372 g/mol. The molecule has 146 valence electrons. The molecule has 1 aromatic heterocycles. The van der Waals surface area contributed by atoms with Crippen molar-refractivity contribution >= 4 is 40.2 Å². The molecule has 2 rings (SSSR count). The van der Waals surface area contributed by atoms with Gasteiger partial charge in [0.1, 0.15) is 0 Å². The number of nitrogens with zero attached hydrogens (tertiary/aromatic N) is 3. The van der Waals surface area contributed by atoms with E-state index < -0.39 is 5.97 Å². The third kappa shape index (κ3) is 6.75. The fraction of sp³-hybridized carbons (Fsp3) is 0.765. The van der Waals surface area contributed by atoms with Gasteiger partial charge in [-0.25, -0.2) is 4.79 Å². The fourth-order valence-corrected chi connectivity index (χ4v) is 4.47. The van der Waals surface area contributed by atoms with E-state index in [9.17, 15) is 9.59 Å². The highest BCUT2D eigenvalue weighted by atomic mass is 32.2. The smallest absolute Gasteiger partial charge is 0.323 e. The molecule has 1 aromatic rings. The molecule has 1 aliphatic rings. The van der Waals surface area contributed by atoms with Crippen molar-refractivity contribution in [3.63, 3.8) is 0 Å². The molecular formula is C17H28N4O3S2. The number of carbonyl (C=O) groups is 2. The number of anilines is 1. The van der Waals surface area contributed by atoms with E-state index in [2.05, 4.69) is 36.3 Å². The molecule has 0 radical (unpaired) electrons. The van der Waals surface area contributed by atoms with Gasteiger partial charge in [-0.15, -0.1) is 10.2 Å². The van der Waals surface area contributed by atoms with Gasteiger partial charge in [-0.05, 0) is 43.9 Å². The Hall–Kier alpha value is -1.35. The molecule has 0 saturated heterocycles. The van der Waals surface area contributed by atoms with Crippen molar-refractivity contribution in [1.82, 2.24) is 15.1 Å². The van der Waals surface area contributed by atoms with Gasteiger partial charge < -0.3 is 10.0 Å². The Bertz CT molecular complexity index is 601. The molecule has 7 nitrogen and oxygen atoms in total. The summed E-state index contributed by atoms with van der Waals surface area (Å²) in [5.41, 5.74) is 0. The summed E-state index contributed by atoms with van der Waals surface area (Å²) in [5.74, 6) is 0.303. The lowest BCUT2D eigenvalue weighted by Gasteiger charge is -2.36. The number of hydrogen-bond acceptors (Lipinski definition) is 6. The van der Waals surface area contributed by atoms with E-state index in [1.807, 2.05) is 4.90 Å². The van der Waals surface area contributed by atoms with Gasteiger partial charge in [0.05, 0.1) is 5.75 Å². The summed E-state index contributed by atoms with van der Waals surface area (Å²) in [6.45, 7) is 7.33. The number of hydrogen-bond donors (Lipinski definition) is 2. The van der Waals surface area contributed by atoms with E-state index in [0.717, 1.165) is 56.3 Å². The van der Waals surface area contributed by atoms with Gasteiger partial charge in [-0.1, -0.05) is 43.9 Å². The van der Waals surface area contributed by atoms with Crippen LogP contribution in [0.15, 0.2) is 4.34 Å². The molecule has 0 atom stereocenters. The summed E-state index contributed by atoms with van der Waals surface area (Å²) in [7, 11) is 0. The minimum atomic E-state index is -0.901. The second kappa shape index (κ2) is 10.1. The van der Waals surface area contributed by atoms with Crippen molar-refractivity contribution in [1.29, 1.82) is 0 Å². The average Bonchev–Trinajstić information content (AvgIpc) is 3.02. The average molecular weight is 401 g/mol. The third-order valence-electron chi connectivity index (χ3n) is 4.57. The first-order valence-electron chi connectivity index (χ1n) is 9.10. The topological polar surface area (TPSA) is 95.4 Å². The van der Waals surface area contributed by atoms with E-state index >= 15 is 0 Å². The number of carbonyl (C=O) groups excluding carboxylic acids is 1. The number of urea groups is 1. The summed E-state index contributed by atoms with van der Waals surface area (Å²) >= 11 is 2.32. The van der Waals surface area contributed by atoms with Crippen LogP contribution in [0.4, 0.5) is 9.93 Å². The van der Waals surface area contributed by atoms with Crippen molar-refractivity contribution < 1.29 is 14.7 Å². The lowest BCUT2D eigenvalue weighted by atomic mass is 9.86. The summed E-state index contributed by atoms with van der Waals surface area (Å²) in [6, 6.07) is 0.148. The van der Waals surface area contributed by atoms with Crippen molar-refractivity contribution in [2.75, 3.05) is 17.6 Å². The Morgan fingerprint density at radius 3 is 2.62 bits per heavy atom. The molecule has 1 fully saturated rings. The number of carboxylic acid groups (broad SMARTS) is 1. The predicted octanol–water partition coefficient (Wildman–Crippen LogP) is 4.17. The second-order valence-electron chi connectivity index (χ2n) is 7.28. The van der Waals surface area contributed by atoms with E-state index in [1.165, 1.54) is 11.3 Å². The summed E-state index contributed by atoms with van der Waals surface area (Å²) in [5, 5.41) is 19.9. The number of rotatable bonds is 8. The maximum atomic E-state index is 12.8. The van der Waals surface area contributed by atoms with Gasteiger partial charge >= 0.3 is 12.0 Å². The first-order valence-corrected chi connectivity index (χ1v) is 10.9. The lowest BCUT2D eigenvalue weighted by Crippen LogP contribution is -2.45.